The molecule has 0 spiro atoms. The fraction of sp³-hybridized carbons (Fsp3) is 0.273. The van der Waals surface area contributed by atoms with Gasteiger partial charge in [-0.15, -0.1) is 0 Å². The van der Waals surface area contributed by atoms with Crippen LogP contribution in [0.3, 0.4) is 0 Å². The molecule has 3 aromatic rings. The highest BCUT2D eigenvalue weighted by Gasteiger charge is 2.14. The van der Waals surface area contributed by atoms with E-state index in [9.17, 15) is 0 Å². The van der Waals surface area contributed by atoms with Gasteiger partial charge in [0.2, 0.25) is 0 Å². The second-order valence-corrected chi connectivity index (χ2v) is 6.34. The Kier molecular flexibility index (Phi) is 5.56. The largest absolute Gasteiger partial charge is 0.496 e. The second kappa shape index (κ2) is 8.04. The fourth-order valence-corrected chi connectivity index (χ4v) is 3.23. The van der Waals surface area contributed by atoms with E-state index in [4.69, 9.17) is 9.47 Å². The molecule has 0 fully saturated rings. The summed E-state index contributed by atoms with van der Waals surface area (Å²) in [5.74, 6) is 1.78. The molecule has 0 aliphatic rings. The zero-order valence-electron chi connectivity index (χ0n) is 15.1. The summed E-state index contributed by atoms with van der Waals surface area (Å²) >= 11 is 0. The smallest absolute Gasteiger partial charge is 0.127 e. The van der Waals surface area contributed by atoms with E-state index in [0.29, 0.717) is 12.6 Å². The van der Waals surface area contributed by atoms with Crippen LogP contribution >= 0.6 is 0 Å². The van der Waals surface area contributed by atoms with Crippen LogP contribution in [0, 0.1) is 0 Å². The third-order valence-electron chi connectivity index (χ3n) is 4.52. The minimum Gasteiger partial charge on any atom is -0.496 e. The minimum atomic E-state index is 0.339. The molecule has 0 bridgehead atoms. The maximum absolute atomic E-state index is 6.14. The summed E-state index contributed by atoms with van der Waals surface area (Å²) in [5, 5.41) is 2.16. The van der Waals surface area contributed by atoms with Gasteiger partial charge < -0.3 is 14.4 Å². The fourth-order valence-electron chi connectivity index (χ4n) is 3.23. The maximum atomic E-state index is 6.14. The van der Waals surface area contributed by atoms with Crippen molar-refractivity contribution in [3.8, 4) is 11.5 Å². The molecule has 130 valence electrons. The van der Waals surface area contributed by atoms with Crippen LogP contribution in [0.15, 0.2) is 66.7 Å². The molecule has 0 heterocycles. The number of fused-ring (bicyclic) bond motifs is 1. The van der Waals surface area contributed by atoms with Crippen LogP contribution in [0.2, 0.25) is 0 Å². The summed E-state index contributed by atoms with van der Waals surface area (Å²) in [6.07, 6.45) is 0.928. The summed E-state index contributed by atoms with van der Waals surface area (Å²) in [6, 6.07) is 23.1. The number of methoxy groups -OCH3 is 1. The summed E-state index contributed by atoms with van der Waals surface area (Å²) in [6.45, 7) is 0.661. The molecule has 1 atom stereocenters. The molecule has 0 amide bonds. The van der Waals surface area contributed by atoms with E-state index in [-0.39, 0.29) is 0 Å². The van der Waals surface area contributed by atoms with Crippen molar-refractivity contribution < 1.29 is 9.47 Å². The monoisotopic (exact) mass is 335 g/mol. The molecular formula is C22H25NO2. The van der Waals surface area contributed by atoms with Gasteiger partial charge in [0.25, 0.3) is 0 Å². The lowest BCUT2D eigenvalue weighted by Gasteiger charge is -2.25. The first-order valence-corrected chi connectivity index (χ1v) is 8.60. The van der Waals surface area contributed by atoms with Crippen molar-refractivity contribution in [2.45, 2.75) is 12.5 Å². The number of benzene rings is 3. The Morgan fingerprint density at radius 3 is 2.04 bits per heavy atom. The summed E-state index contributed by atoms with van der Waals surface area (Å²) in [5.41, 5.74) is 1.32. The number of hydrogen-bond donors (Lipinski definition) is 0. The van der Waals surface area contributed by atoms with Crippen molar-refractivity contribution in [1.29, 1.82) is 0 Å². The number of rotatable bonds is 7. The molecule has 0 saturated carbocycles. The van der Waals surface area contributed by atoms with Gasteiger partial charge in [0.15, 0.2) is 0 Å². The van der Waals surface area contributed by atoms with Gasteiger partial charge >= 0.3 is 0 Å². The summed E-state index contributed by atoms with van der Waals surface area (Å²) in [4.78, 5) is 2.24. The van der Waals surface area contributed by atoms with Crippen LogP contribution in [0.25, 0.3) is 10.8 Å². The van der Waals surface area contributed by atoms with Gasteiger partial charge in [-0.2, -0.15) is 0 Å². The van der Waals surface area contributed by atoms with E-state index in [2.05, 4.69) is 61.5 Å². The van der Waals surface area contributed by atoms with Crippen LogP contribution < -0.4 is 9.47 Å². The number of hydrogen-bond acceptors (Lipinski definition) is 3. The average Bonchev–Trinajstić information content (AvgIpc) is 2.65. The lowest BCUT2D eigenvalue weighted by Crippen LogP contribution is -2.22. The van der Waals surface area contributed by atoms with Crippen molar-refractivity contribution in [1.82, 2.24) is 4.90 Å². The summed E-state index contributed by atoms with van der Waals surface area (Å²) in [7, 11) is 5.92. The van der Waals surface area contributed by atoms with Crippen LogP contribution in [0.1, 0.15) is 18.0 Å². The predicted octanol–water partition coefficient (Wildman–Crippen LogP) is 4.92. The highest BCUT2D eigenvalue weighted by atomic mass is 16.5. The van der Waals surface area contributed by atoms with Gasteiger partial charge in [-0.25, -0.2) is 0 Å². The molecule has 25 heavy (non-hydrogen) atoms. The van der Waals surface area contributed by atoms with Crippen molar-refractivity contribution >= 4 is 10.8 Å². The molecule has 0 aliphatic carbocycles. The predicted molar refractivity (Wildman–Crippen MR) is 103 cm³/mol. The Morgan fingerprint density at radius 2 is 1.40 bits per heavy atom. The van der Waals surface area contributed by atoms with Gasteiger partial charge in [-0.05, 0) is 31.8 Å². The van der Waals surface area contributed by atoms with Crippen LogP contribution in [0.5, 0.6) is 11.5 Å². The third-order valence-corrected chi connectivity index (χ3v) is 4.52. The molecule has 0 N–H and O–H groups in total. The van der Waals surface area contributed by atoms with Gasteiger partial charge in [0.05, 0.1) is 13.7 Å². The van der Waals surface area contributed by atoms with Gasteiger partial charge in [-0.3, -0.25) is 0 Å². The third kappa shape index (κ3) is 3.94. The molecular weight excluding hydrogens is 310 g/mol. The molecule has 0 aliphatic heterocycles. The maximum Gasteiger partial charge on any atom is 0.127 e. The Morgan fingerprint density at radius 1 is 0.800 bits per heavy atom. The number of ether oxygens (including phenoxy) is 2. The standard InChI is InChI=1S/C22H25NO2/c1-23(2)20(17-9-5-4-6-10-17)15-16-25-22-14-13-21(24-3)18-11-7-8-12-19(18)22/h4-14,20H,15-16H2,1-3H3. The van der Waals surface area contributed by atoms with Crippen molar-refractivity contribution in [3.05, 3.63) is 72.3 Å². The van der Waals surface area contributed by atoms with E-state index >= 15 is 0 Å². The van der Waals surface area contributed by atoms with E-state index < -0.39 is 0 Å². The Balaban J connectivity index is 1.74. The topological polar surface area (TPSA) is 21.7 Å². The van der Waals surface area contributed by atoms with Crippen LogP contribution in [-0.4, -0.2) is 32.7 Å². The quantitative estimate of drug-likeness (QED) is 0.612. The number of nitrogens with zero attached hydrogens (tertiary/aromatic N) is 1. The second-order valence-electron chi connectivity index (χ2n) is 6.34. The molecule has 3 nitrogen and oxygen atoms in total. The lowest BCUT2D eigenvalue weighted by molar-refractivity contribution is 0.225. The van der Waals surface area contributed by atoms with Gasteiger partial charge in [-0.1, -0.05) is 54.6 Å². The molecule has 0 saturated heterocycles. The van der Waals surface area contributed by atoms with Crippen LogP contribution in [-0.2, 0) is 0 Å². The van der Waals surface area contributed by atoms with E-state index in [1.54, 1.807) is 7.11 Å². The highest BCUT2D eigenvalue weighted by molar-refractivity contribution is 5.93. The molecule has 3 heteroatoms. The van der Waals surface area contributed by atoms with Crippen molar-refractivity contribution in [2.75, 3.05) is 27.8 Å². The molecule has 3 rings (SSSR count). The van der Waals surface area contributed by atoms with Crippen LogP contribution in [0.4, 0.5) is 0 Å². The zero-order valence-corrected chi connectivity index (χ0v) is 15.1. The molecule has 0 radical (unpaired) electrons. The Labute approximate surface area is 149 Å². The first-order chi connectivity index (χ1) is 12.2. The average molecular weight is 335 g/mol. The van der Waals surface area contributed by atoms with Crippen molar-refractivity contribution in [3.63, 3.8) is 0 Å². The lowest BCUT2D eigenvalue weighted by atomic mass is 10.0. The van der Waals surface area contributed by atoms with Gasteiger partial charge in [0.1, 0.15) is 11.5 Å². The Hall–Kier alpha value is -2.52. The SMILES string of the molecule is COc1ccc(OCCC(c2ccccc2)N(C)C)c2ccccc12. The normalized spacial score (nSPS) is 12.3. The first kappa shape index (κ1) is 17.3. The minimum absolute atomic E-state index is 0.339. The van der Waals surface area contributed by atoms with Gasteiger partial charge in [0, 0.05) is 23.2 Å². The van der Waals surface area contributed by atoms with Crippen molar-refractivity contribution in [2.24, 2.45) is 0 Å². The van der Waals surface area contributed by atoms with E-state index in [1.807, 2.05) is 24.3 Å². The molecule has 0 aromatic heterocycles. The highest BCUT2D eigenvalue weighted by Crippen LogP contribution is 2.33. The van der Waals surface area contributed by atoms with E-state index in [0.717, 1.165) is 28.7 Å². The Bertz CT molecular complexity index is 815. The van der Waals surface area contributed by atoms with E-state index in [1.165, 1.54) is 5.56 Å². The molecule has 3 aromatic carbocycles. The summed E-state index contributed by atoms with van der Waals surface area (Å²) < 4.78 is 11.6. The first-order valence-electron chi connectivity index (χ1n) is 8.60. The molecule has 1 unspecified atom stereocenters. The zero-order chi connectivity index (χ0) is 17.6.